The fourth-order valence-electron chi connectivity index (χ4n) is 4.56. The number of hydrogen-bond acceptors (Lipinski definition) is 7. The van der Waals surface area contributed by atoms with Crippen molar-refractivity contribution < 1.29 is 9.90 Å². The number of benzene rings is 2. The van der Waals surface area contributed by atoms with Gasteiger partial charge in [0.2, 0.25) is 5.78 Å². The van der Waals surface area contributed by atoms with Crippen molar-refractivity contribution in [2.24, 2.45) is 5.10 Å². The number of rotatable bonds is 3. The molecule has 1 atom stereocenters. The van der Waals surface area contributed by atoms with Crippen LogP contribution in [-0.2, 0) is 11.3 Å². The molecule has 5 rings (SSSR count). The third-order valence-corrected chi connectivity index (χ3v) is 6.14. The zero-order chi connectivity index (χ0) is 20.0. The Morgan fingerprint density at radius 1 is 1.10 bits per heavy atom. The van der Waals surface area contributed by atoms with Gasteiger partial charge in [-0.1, -0.05) is 30.3 Å². The van der Waals surface area contributed by atoms with E-state index in [0.717, 1.165) is 49.5 Å². The SMILES string of the molecule is CN1CCN(Cc2cccc(O)c2C2C(=O)C3=NNCN3c3ccccc32)CC1. The summed E-state index contributed by atoms with van der Waals surface area (Å²) in [5, 5.41) is 15.1. The van der Waals surface area contributed by atoms with Crippen LogP contribution >= 0.6 is 0 Å². The number of carbonyl (C=O) groups is 1. The maximum Gasteiger partial charge on any atom is 0.212 e. The van der Waals surface area contributed by atoms with Crippen LogP contribution in [0.3, 0.4) is 0 Å². The largest absolute Gasteiger partial charge is 0.508 e. The number of amidine groups is 1. The number of nitrogens with zero attached hydrogens (tertiary/aromatic N) is 4. The lowest BCUT2D eigenvalue weighted by molar-refractivity contribution is -0.113. The van der Waals surface area contributed by atoms with E-state index in [-0.39, 0.29) is 11.5 Å². The van der Waals surface area contributed by atoms with E-state index in [0.29, 0.717) is 18.1 Å². The van der Waals surface area contributed by atoms with Gasteiger partial charge in [-0.05, 0) is 30.3 Å². The fraction of sp³-hybridized carbons (Fsp3) is 0.364. The Hall–Kier alpha value is -2.90. The Balaban J connectivity index is 1.58. The number of likely N-dealkylation sites (N-methyl/N-ethyl adjacent to an activating group) is 1. The molecule has 3 heterocycles. The van der Waals surface area contributed by atoms with Gasteiger partial charge in [0.05, 0.1) is 5.92 Å². The first-order valence-electron chi connectivity index (χ1n) is 10.1. The minimum Gasteiger partial charge on any atom is -0.508 e. The second-order valence-electron chi connectivity index (χ2n) is 7.97. The fourth-order valence-corrected chi connectivity index (χ4v) is 4.56. The summed E-state index contributed by atoms with van der Waals surface area (Å²) in [5.74, 6) is -0.0353. The van der Waals surface area contributed by atoms with Crippen LogP contribution in [0.25, 0.3) is 0 Å². The van der Waals surface area contributed by atoms with Gasteiger partial charge in [-0.25, -0.2) is 0 Å². The molecule has 0 bridgehead atoms. The summed E-state index contributed by atoms with van der Waals surface area (Å²) in [6, 6.07) is 13.5. The molecule has 0 saturated carbocycles. The Bertz CT molecular complexity index is 981. The highest BCUT2D eigenvalue weighted by atomic mass is 16.3. The third-order valence-electron chi connectivity index (χ3n) is 6.14. The van der Waals surface area contributed by atoms with Crippen LogP contribution in [0.4, 0.5) is 5.69 Å². The predicted octanol–water partition coefficient (Wildman–Crippen LogP) is 1.53. The predicted molar refractivity (Wildman–Crippen MR) is 112 cm³/mol. The smallest absolute Gasteiger partial charge is 0.212 e. The van der Waals surface area contributed by atoms with E-state index in [1.54, 1.807) is 6.07 Å². The maximum absolute atomic E-state index is 13.5. The first-order valence-corrected chi connectivity index (χ1v) is 10.1. The summed E-state index contributed by atoms with van der Waals surface area (Å²) in [6.45, 7) is 5.21. The molecule has 3 aliphatic rings. The van der Waals surface area contributed by atoms with Crippen molar-refractivity contribution in [3.05, 3.63) is 59.2 Å². The molecule has 0 amide bonds. The van der Waals surface area contributed by atoms with Crippen molar-refractivity contribution in [2.75, 3.05) is 44.8 Å². The molecule has 0 radical (unpaired) electrons. The number of nitrogens with one attached hydrogen (secondary N) is 1. The number of piperazine rings is 1. The first kappa shape index (κ1) is 18.1. The summed E-state index contributed by atoms with van der Waals surface area (Å²) in [4.78, 5) is 20.1. The van der Waals surface area contributed by atoms with E-state index in [2.05, 4.69) is 27.4 Å². The van der Waals surface area contributed by atoms with Crippen molar-refractivity contribution in [3.63, 3.8) is 0 Å². The van der Waals surface area contributed by atoms with Gasteiger partial charge >= 0.3 is 0 Å². The first-order chi connectivity index (χ1) is 14.1. The van der Waals surface area contributed by atoms with Gasteiger partial charge in [0.15, 0.2) is 5.84 Å². The van der Waals surface area contributed by atoms with E-state index in [9.17, 15) is 9.90 Å². The number of fused-ring (bicyclic) bond motifs is 3. The lowest BCUT2D eigenvalue weighted by Gasteiger charge is -2.35. The number of carbonyl (C=O) groups excluding carboxylic acids is 1. The van der Waals surface area contributed by atoms with Gasteiger partial charge < -0.3 is 14.9 Å². The number of phenolic OH excluding ortho intramolecular Hbond substituents is 1. The van der Waals surface area contributed by atoms with E-state index >= 15 is 0 Å². The van der Waals surface area contributed by atoms with Gasteiger partial charge in [0.1, 0.15) is 12.4 Å². The molecule has 1 fully saturated rings. The number of hydrazone groups is 1. The summed E-state index contributed by atoms with van der Waals surface area (Å²) < 4.78 is 0. The van der Waals surface area contributed by atoms with Gasteiger partial charge in [-0.2, -0.15) is 5.10 Å². The van der Waals surface area contributed by atoms with Crippen LogP contribution in [0.15, 0.2) is 47.6 Å². The topological polar surface area (TPSA) is 71.4 Å². The number of ketones is 1. The summed E-state index contributed by atoms with van der Waals surface area (Å²) in [7, 11) is 2.14. The van der Waals surface area contributed by atoms with Crippen molar-refractivity contribution in [2.45, 2.75) is 12.5 Å². The van der Waals surface area contributed by atoms with Gasteiger partial charge in [0, 0.05) is 44.0 Å². The van der Waals surface area contributed by atoms with Gasteiger partial charge in [-0.3, -0.25) is 15.1 Å². The zero-order valence-electron chi connectivity index (χ0n) is 16.5. The number of phenols is 1. The molecule has 2 N–H and O–H groups in total. The number of Topliss-reactive ketones (excluding diaryl/α,β-unsaturated/α-hetero) is 1. The highest BCUT2D eigenvalue weighted by molar-refractivity contribution is 6.48. The van der Waals surface area contributed by atoms with Gasteiger partial charge in [-0.15, -0.1) is 0 Å². The standard InChI is InChI=1S/C22H25N5O2/c1-25-9-11-26(12-10-25)13-15-5-4-8-18(28)19(15)20-16-6-2-3-7-17(16)27-14-23-24-22(27)21(20)29/h2-8,20,23,28H,9-14H2,1H3. The van der Waals surface area contributed by atoms with Crippen molar-refractivity contribution in [1.29, 1.82) is 0 Å². The molecule has 1 unspecified atom stereocenters. The highest BCUT2D eigenvalue weighted by Gasteiger charge is 2.42. The van der Waals surface area contributed by atoms with Crippen LogP contribution in [0.5, 0.6) is 5.75 Å². The van der Waals surface area contributed by atoms with Crippen LogP contribution < -0.4 is 10.3 Å². The van der Waals surface area contributed by atoms with E-state index in [1.807, 2.05) is 41.3 Å². The normalized spacial score (nSPS) is 22.1. The molecule has 0 aliphatic carbocycles. The molecule has 2 aromatic rings. The van der Waals surface area contributed by atoms with Crippen LogP contribution in [-0.4, -0.2) is 66.4 Å². The molecule has 7 heteroatoms. The molecular weight excluding hydrogens is 366 g/mol. The Labute approximate surface area is 170 Å². The number of anilines is 1. The van der Waals surface area contributed by atoms with Crippen molar-refractivity contribution >= 4 is 17.3 Å². The van der Waals surface area contributed by atoms with Crippen LogP contribution in [0.1, 0.15) is 22.6 Å². The Kier molecular flexibility index (Phi) is 4.49. The van der Waals surface area contributed by atoms with Gasteiger partial charge in [0.25, 0.3) is 0 Å². The van der Waals surface area contributed by atoms with E-state index in [1.165, 1.54) is 0 Å². The molecule has 1 saturated heterocycles. The lowest BCUT2D eigenvalue weighted by atomic mass is 9.80. The molecule has 0 spiro atoms. The minimum absolute atomic E-state index is 0.0742. The zero-order valence-corrected chi connectivity index (χ0v) is 16.5. The average Bonchev–Trinajstić information content (AvgIpc) is 3.22. The molecule has 150 valence electrons. The molecule has 29 heavy (non-hydrogen) atoms. The minimum atomic E-state index is -0.551. The van der Waals surface area contributed by atoms with Crippen LogP contribution in [0.2, 0.25) is 0 Å². The Morgan fingerprint density at radius 3 is 2.72 bits per heavy atom. The molecular formula is C22H25N5O2. The maximum atomic E-state index is 13.5. The lowest BCUT2D eigenvalue weighted by Crippen LogP contribution is -2.44. The molecule has 0 aromatic heterocycles. The summed E-state index contributed by atoms with van der Waals surface area (Å²) >= 11 is 0. The van der Waals surface area contributed by atoms with E-state index < -0.39 is 5.92 Å². The highest BCUT2D eigenvalue weighted by Crippen LogP contribution is 2.43. The quantitative estimate of drug-likeness (QED) is 0.827. The van der Waals surface area contributed by atoms with Crippen molar-refractivity contribution in [3.8, 4) is 5.75 Å². The second kappa shape index (κ2) is 7.17. The molecule has 7 nitrogen and oxygen atoms in total. The molecule has 3 aliphatic heterocycles. The average molecular weight is 391 g/mol. The van der Waals surface area contributed by atoms with Crippen molar-refractivity contribution in [1.82, 2.24) is 15.2 Å². The molecule has 2 aromatic carbocycles. The van der Waals surface area contributed by atoms with E-state index in [4.69, 9.17) is 0 Å². The number of aromatic hydroxyl groups is 1. The van der Waals surface area contributed by atoms with Crippen LogP contribution in [0, 0.1) is 0 Å². The number of hydrogen-bond donors (Lipinski definition) is 2. The summed E-state index contributed by atoms with van der Waals surface area (Å²) in [5.41, 5.74) is 6.52. The summed E-state index contributed by atoms with van der Waals surface area (Å²) in [6.07, 6.45) is 0. The monoisotopic (exact) mass is 391 g/mol. The second-order valence-corrected chi connectivity index (χ2v) is 7.97. The third kappa shape index (κ3) is 3.07. The number of para-hydroxylation sites is 1. The Morgan fingerprint density at radius 2 is 1.90 bits per heavy atom.